The van der Waals surface area contributed by atoms with Crippen molar-refractivity contribution in [2.24, 2.45) is 5.92 Å². The van der Waals surface area contributed by atoms with Crippen molar-refractivity contribution in [1.82, 2.24) is 20.2 Å². The van der Waals surface area contributed by atoms with E-state index in [1.54, 1.807) is 0 Å². The minimum Gasteiger partial charge on any atom is -0.381 e. The van der Waals surface area contributed by atoms with E-state index in [0.717, 1.165) is 23.2 Å². The van der Waals surface area contributed by atoms with Gasteiger partial charge in [-0.3, -0.25) is 0 Å². The van der Waals surface area contributed by atoms with Gasteiger partial charge in [-0.2, -0.15) is 4.68 Å². The molecule has 1 atom stereocenters. The smallest absolute Gasteiger partial charge is 0.171 e. The van der Waals surface area contributed by atoms with E-state index >= 15 is 0 Å². The number of nitrogens with zero attached hydrogens (tertiary/aromatic N) is 4. The normalized spacial score (nSPS) is 18.4. The van der Waals surface area contributed by atoms with Crippen molar-refractivity contribution in [3.63, 3.8) is 0 Å². The van der Waals surface area contributed by atoms with Gasteiger partial charge in [0.05, 0.1) is 18.0 Å². The first-order chi connectivity index (χ1) is 11.0. The van der Waals surface area contributed by atoms with Gasteiger partial charge in [0, 0.05) is 6.61 Å². The molecule has 0 amide bonds. The molecule has 2 aromatic rings. The van der Waals surface area contributed by atoms with Crippen molar-refractivity contribution in [3.05, 3.63) is 35.2 Å². The Hall–Kier alpha value is -1.80. The lowest BCUT2D eigenvalue weighted by molar-refractivity contribution is 0.188. The van der Waals surface area contributed by atoms with Gasteiger partial charge in [-0.25, -0.2) is 8.42 Å². The maximum atomic E-state index is 12.4. The van der Waals surface area contributed by atoms with E-state index in [2.05, 4.69) is 15.5 Å². The van der Waals surface area contributed by atoms with E-state index in [-0.39, 0.29) is 17.4 Å². The van der Waals surface area contributed by atoms with Crippen molar-refractivity contribution >= 4 is 9.84 Å². The fourth-order valence-electron chi connectivity index (χ4n) is 2.94. The highest BCUT2D eigenvalue weighted by atomic mass is 32.2. The van der Waals surface area contributed by atoms with Gasteiger partial charge in [0.15, 0.2) is 15.7 Å². The average Bonchev–Trinajstić information content (AvgIpc) is 3.10. The van der Waals surface area contributed by atoms with E-state index in [4.69, 9.17) is 4.74 Å². The van der Waals surface area contributed by atoms with Crippen LogP contribution in [0.15, 0.2) is 18.2 Å². The highest BCUT2D eigenvalue weighted by Crippen LogP contribution is 2.21. The Kier molecular flexibility index (Phi) is 4.45. The summed E-state index contributed by atoms with van der Waals surface area (Å²) in [5, 5.41) is 11.6. The van der Waals surface area contributed by atoms with Crippen LogP contribution in [0.25, 0.3) is 5.69 Å². The van der Waals surface area contributed by atoms with Crippen molar-refractivity contribution in [1.29, 1.82) is 0 Å². The van der Waals surface area contributed by atoms with Crippen molar-refractivity contribution < 1.29 is 13.2 Å². The summed E-state index contributed by atoms with van der Waals surface area (Å²) in [6.45, 7) is 5.07. The van der Waals surface area contributed by atoms with Crippen LogP contribution in [0.5, 0.6) is 0 Å². The molecule has 0 radical (unpaired) electrons. The van der Waals surface area contributed by atoms with Crippen LogP contribution in [0, 0.1) is 19.8 Å². The Labute approximate surface area is 135 Å². The number of hydrogen-bond donors (Lipinski definition) is 0. The molecule has 0 N–H and O–H groups in total. The number of hydrogen-bond acceptors (Lipinski definition) is 6. The van der Waals surface area contributed by atoms with Crippen LogP contribution in [-0.2, 0) is 20.3 Å². The van der Waals surface area contributed by atoms with Gasteiger partial charge < -0.3 is 4.74 Å². The van der Waals surface area contributed by atoms with Gasteiger partial charge in [0.25, 0.3) is 0 Å². The zero-order chi connectivity index (χ0) is 16.4. The van der Waals surface area contributed by atoms with Gasteiger partial charge in [0.1, 0.15) is 5.75 Å². The molecule has 1 aliphatic heterocycles. The molecule has 0 aliphatic carbocycles. The van der Waals surface area contributed by atoms with Crippen LogP contribution in [0.1, 0.15) is 23.4 Å². The number of sulfone groups is 1. The van der Waals surface area contributed by atoms with Crippen molar-refractivity contribution in [2.45, 2.75) is 26.0 Å². The Balaban J connectivity index is 1.86. The molecule has 7 nitrogen and oxygen atoms in total. The van der Waals surface area contributed by atoms with Crippen LogP contribution < -0.4 is 0 Å². The second-order valence-corrected chi connectivity index (χ2v) is 8.14. The average molecular weight is 336 g/mol. The quantitative estimate of drug-likeness (QED) is 0.816. The van der Waals surface area contributed by atoms with Crippen LogP contribution in [0.4, 0.5) is 0 Å². The van der Waals surface area contributed by atoms with E-state index in [0.29, 0.717) is 19.0 Å². The summed E-state index contributed by atoms with van der Waals surface area (Å²) in [5.74, 6) is 0.377. The molecule has 1 aliphatic rings. The number of rotatable bonds is 5. The second kappa shape index (κ2) is 6.37. The lowest BCUT2D eigenvalue weighted by atomic mass is 10.1. The number of aromatic nitrogens is 4. The van der Waals surface area contributed by atoms with Gasteiger partial charge >= 0.3 is 0 Å². The molecule has 23 heavy (non-hydrogen) atoms. The monoisotopic (exact) mass is 336 g/mol. The Bertz CT molecular complexity index is 775. The third-order valence-electron chi connectivity index (χ3n) is 4.05. The summed E-state index contributed by atoms with van der Waals surface area (Å²) in [5.41, 5.74) is 2.84. The van der Waals surface area contributed by atoms with E-state index in [9.17, 15) is 8.42 Å². The molecule has 8 heteroatoms. The van der Waals surface area contributed by atoms with E-state index in [1.807, 2.05) is 32.0 Å². The number of para-hydroxylation sites is 1. The predicted octanol–water partition coefficient (Wildman–Crippen LogP) is 1.23. The lowest BCUT2D eigenvalue weighted by Gasteiger charge is -2.12. The van der Waals surface area contributed by atoms with E-state index in [1.165, 1.54) is 4.68 Å². The van der Waals surface area contributed by atoms with Crippen molar-refractivity contribution in [3.8, 4) is 5.69 Å². The van der Waals surface area contributed by atoms with Gasteiger partial charge in [-0.05, 0) is 47.7 Å². The third-order valence-corrected chi connectivity index (χ3v) is 5.73. The largest absolute Gasteiger partial charge is 0.381 e. The molecule has 124 valence electrons. The number of tetrazole rings is 1. The summed E-state index contributed by atoms with van der Waals surface area (Å²) in [6, 6.07) is 5.87. The maximum absolute atomic E-state index is 12.4. The molecular weight excluding hydrogens is 316 g/mol. The highest BCUT2D eigenvalue weighted by Gasteiger charge is 2.26. The van der Waals surface area contributed by atoms with Gasteiger partial charge in [-0.1, -0.05) is 18.2 Å². The summed E-state index contributed by atoms with van der Waals surface area (Å²) in [4.78, 5) is 0. The van der Waals surface area contributed by atoms with Crippen molar-refractivity contribution in [2.75, 3.05) is 19.0 Å². The van der Waals surface area contributed by atoms with Crippen LogP contribution in [0.2, 0.25) is 0 Å². The number of ether oxygens (including phenoxy) is 1. The van der Waals surface area contributed by atoms with Crippen LogP contribution >= 0.6 is 0 Å². The second-order valence-electron chi connectivity index (χ2n) is 6.03. The minimum atomic E-state index is -3.29. The maximum Gasteiger partial charge on any atom is 0.171 e. The summed E-state index contributed by atoms with van der Waals surface area (Å²) < 4.78 is 31.7. The molecule has 0 bridgehead atoms. The van der Waals surface area contributed by atoms with Crippen LogP contribution in [-0.4, -0.2) is 47.6 Å². The molecule has 1 aromatic heterocycles. The summed E-state index contributed by atoms with van der Waals surface area (Å²) in [7, 11) is -3.29. The van der Waals surface area contributed by atoms with Gasteiger partial charge in [0.2, 0.25) is 0 Å². The molecule has 2 heterocycles. The summed E-state index contributed by atoms with van der Waals surface area (Å²) >= 11 is 0. The topological polar surface area (TPSA) is 87.0 Å². The van der Waals surface area contributed by atoms with Gasteiger partial charge in [-0.15, -0.1) is 5.10 Å². The lowest BCUT2D eigenvalue weighted by Crippen LogP contribution is -2.20. The zero-order valence-corrected chi connectivity index (χ0v) is 14.1. The first-order valence-corrected chi connectivity index (χ1v) is 9.40. The Morgan fingerprint density at radius 2 is 2.04 bits per heavy atom. The molecule has 0 saturated carbocycles. The zero-order valence-electron chi connectivity index (χ0n) is 13.3. The molecule has 1 saturated heterocycles. The Morgan fingerprint density at radius 1 is 1.30 bits per heavy atom. The molecular formula is C15H20N4O3S. The molecule has 1 fully saturated rings. The number of benzene rings is 1. The fourth-order valence-corrected chi connectivity index (χ4v) is 4.61. The molecule has 1 unspecified atom stereocenters. The minimum absolute atomic E-state index is 0.0736. The first-order valence-electron chi connectivity index (χ1n) is 7.58. The third kappa shape index (κ3) is 3.59. The fraction of sp³-hybridized carbons (Fsp3) is 0.533. The predicted molar refractivity (Wildman–Crippen MR) is 85.0 cm³/mol. The van der Waals surface area contributed by atoms with E-state index < -0.39 is 9.84 Å². The summed E-state index contributed by atoms with van der Waals surface area (Å²) in [6.07, 6.45) is 0.793. The Morgan fingerprint density at radius 3 is 2.70 bits per heavy atom. The first kappa shape index (κ1) is 16.1. The molecule has 3 rings (SSSR count). The standard InChI is InChI=1S/C15H20N4O3S/c1-11-4-3-5-12(2)15(11)19-14(16-17-18-19)10-23(20,21)9-13-6-7-22-8-13/h3-5,13H,6-10H2,1-2H3. The molecule has 0 spiro atoms. The number of aryl methyl sites for hydroxylation is 2. The SMILES string of the molecule is Cc1cccc(C)c1-n1nnnc1CS(=O)(=O)CC1CCOC1. The highest BCUT2D eigenvalue weighted by molar-refractivity contribution is 7.90. The molecule has 1 aromatic carbocycles. The van der Waals surface area contributed by atoms with Crippen LogP contribution in [0.3, 0.4) is 0 Å².